The molecule has 0 bridgehead atoms. The van der Waals surface area contributed by atoms with Gasteiger partial charge in [0.1, 0.15) is 0 Å². The number of hydrogen-bond donors (Lipinski definition) is 0. The van der Waals surface area contributed by atoms with Gasteiger partial charge in [0.2, 0.25) is 5.43 Å². The molecule has 0 N–H and O–H groups in total. The van der Waals surface area contributed by atoms with Crippen molar-refractivity contribution in [2.24, 2.45) is 0 Å². The number of fused-ring (bicyclic) bond motifs is 1. The van der Waals surface area contributed by atoms with Crippen LogP contribution < -0.4 is 5.43 Å². The second-order valence-corrected chi connectivity index (χ2v) is 7.45. The molecule has 29 heavy (non-hydrogen) atoms. The number of ketones is 1. The van der Waals surface area contributed by atoms with Crippen LogP contribution in [0, 0.1) is 13.8 Å². The van der Waals surface area contributed by atoms with Gasteiger partial charge in [0, 0.05) is 23.7 Å². The van der Waals surface area contributed by atoms with E-state index in [1.165, 1.54) is 5.56 Å². The maximum atomic E-state index is 13.2. The SMILES string of the molecule is Cc1ccc(C(=O)c2cn(CCc3ccccc3)c3ccccc3c2=O)cc1C. The highest BCUT2D eigenvalue weighted by molar-refractivity contribution is 6.10. The normalized spacial score (nSPS) is 11.0. The van der Waals surface area contributed by atoms with Crippen molar-refractivity contribution in [3.63, 3.8) is 0 Å². The maximum Gasteiger partial charge on any atom is 0.200 e. The molecule has 0 aliphatic heterocycles. The summed E-state index contributed by atoms with van der Waals surface area (Å²) in [5.41, 5.74) is 4.80. The highest BCUT2D eigenvalue weighted by Gasteiger charge is 2.17. The fourth-order valence-electron chi connectivity index (χ4n) is 3.62. The minimum Gasteiger partial charge on any atom is -0.346 e. The van der Waals surface area contributed by atoms with Crippen LogP contribution in [0.15, 0.2) is 83.8 Å². The highest BCUT2D eigenvalue weighted by Crippen LogP contribution is 2.17. The summed E-state index contributed by atoms with van der Waals surface area (Å²) < 4.78 is 2.03. The molecule has 0 atom stereocenters. The molecule has 0 spiro atoms. The summed E-state index contributed by atoms with van der Waals surface area (Å²) >= 11 is 0. The van der Waals surface area contributed by atoms with E-state index in [1.807, 2.05) is 66.9 Å². The van der Waals surface area contributed by atoms with Crippen LogP contribution in [0.4, 0.5) is 0 Å². The Labute approximate surface area is 170 Å². The molecule has 0 aliphatic rings. The molecule has 0 fully saturated rings. The summed E-state index contributed by atoms with van der Waals surface area (Å²) in [6.45, 7) is 4.68. The van der Waals surface area contributed by atoms with Gasteiger partial charge in [-0.1, -0.05) is 54.6 Å². The number of aryl methyl sites for hydroxylation is 4. The van der Waals surface area contributed by atoms with Crippen molar-refractivity contribution in [2.75, 3.05) is 0 Å². The average molecular weight is 381 g/mol. The van der Waals surface area contributed by atoms with Gasteiger partial charge in [0.05, 0.1) is 11.1 Å². The van der Waals surface area contributed by atoms with Crippen LogP contribution in [0.2, 0.25) is 0 Å². The lowest BCUT2D eigenvalue weighted by Gasteiger charge is -2.14. The molecule has 0 saturated heterocycles. The largest absolute Gasteiger partial charge is 0.346 e. The van der Waals surface area contributed by atoms with Crippen LogP contribution in [0.5, 0.6) is 0 Å². The third-order valence-electron chi connectivity index (χ3n) is 5.49. The Bertz CT molecular complexity index is 1250. The summed E-state index contributed by atoms with van der Waals surface area (Å²) in [5.74, 6) is -0.225. The van der Waals surface area contributed by atoms with Crippen molar-refractivity contribution in [1.29, 1.82) is 0 Å². The predicted molar refractivity (Wildman–Crippen MR) is 118 cm³/mol. The molecule has 4 rings (SSSR count). The molecule has 0 aliphatic carbocycles. The van der Waals surface area contributed by atoms with Crippen molar-refractivity contribution in [2.45, 2.75) is 26.8 Å². The zero-order chi connectivity index (χ0) is 20.4. The number of benzene rings is 3. The molecule has 0 amide bonds. The van der Waals surface area contributed by atoms with Gasteiger partial charge in [0.15, 0.2) is 5.78 Å². The van der Waals surface area contributed by atoms with E-state index in [1.54, 1.807) is 18.3 Å². The number of para-hydroxylation sites is 1. The Kier molecular flexibility index (Phi) is 5.13. The molecule has 3 nitrogen and oxygen atoms in total. The van der Waals surface area contributed by atoms with Crippen molar-refractivity contribution in [3.8, 4) is 0 Å². The van der Waals surface area contributed by atoms with E-state index in [-0.39, 0.29) is 16.8 Å². The quantitative estimate of drug-likeness (QED) is 0.452. The van der Waals surface area contributed by atoms with Crippen molar-refractivity contribution in [3.05, 3.63) is 117 Å². The Morgan fingerprint density at radius 3 is 2.34 bits per heavy atom. The van der Waals surface area contributed by atoms with E-state index in [2.05, 4.69) is 12.1 Å². The van der Waals surface area contributed by atoms with Gasteiger partial charge in [-0.15, -0.1) is 0 Å². The summed E-state index contributed by atoms with van der Waals surface area (Å²) in [7, 11) is 0. The van der Waals surface area contributed by atoms with Crippen molar-refractivity contribution < 1.29 is 4.79 Å². The van der Waals surface area contributed by atoms with Gasteiger partial charge in [-0.25, -0.2) is 0 Å². The summed E-state index contributed by atoms with van der Waals surface area (Å²) in [6.07, 6.45) is 2.55. The molecular weight excluding hydrogens is 358 g/mol. The lowest BCUT2D eigenvalue weighted by atomic mass is 9.98. The molecule has 1 aromatic heterocycles. The highest BCUT2D eigenvalue weighted by atomic mass is 16.1. The molecule has 1 heterocycles. The van der Waals surface area contributed by atoms with Crippen LogP contribution in [0.1, 0.15) is 32.6 Å². The standard InChI is InChI=1S/C26H23NO2/c1-18-12-13-21(16-19(18)2)25(28)23-17-27(15-14-20-8-4-3-5-9-20)24-11-7-6-10-22(24)26(23)29/h3-13,16-17H,14-15H2,1-2H3. The van der Waals surface area contributed by atoms with E-state index in [4.69, 9.17) is 0 Å². The summed E-state index contributed by atoms with van der Waals surface area (Å²) in [5, 5.41) is 0.579. The fraction of sp³-hybridized carbons (Fsp3) is 0.154. The van der Waals surface area contributed by atoms with E-state index in [0.717, 1.165) is 23.1 Å². The maximum absolute atomic E-state index is 13.2. The zero-order valence-corrected chi connectivity index (χ0v) is 16.7. The first-order valence-corrected chi connectivity index (χ1v) is 9.82. The van der Waals surface area contributed by atoms with Crippen LogP contribution in [0.25, 0.3) is 10.9 Å². The second kappa shape index (κ2) is 7.88. The van der Waals surface area contributed by atoms with Crippen LogP contribution in [0.3, 0.4) is 0 Å². The van der Waals surface area contributed by atoms with E-state index in [9.17, 15) is 9.59 Å². The molecular formula is C26H23NO2. The summed E-state index contributed by atoms with van der Waals surface area (Å²) in [4.78, 5) is 26.3. The predicted octanol–water partition coefficient (Wildman–Crippen LogP) is 5.09. The lowest BCUT2D eigenvalue weighted by Crippen LogP contribution is -2.20. The van der Waals surface area contributed by atoms with E-state index >= 15 is 0 Å². The van der Waals surface area contributed by atoms with Gasteiger partial charge >= 0.3 is 0 Å². The number of rotatable bonds is 5. The van der Waals surface area contributed by atoms with Gasteiger partial charge in [-0.3, -0.25) is 9.59 Å². The zero-order valence-electron chi connectivity index (χ0n) is 16.7. The molecule has 3 aromatic carbocycles. The molecule has 0 radical (unpaired) electrons. The first-order chi connectivity index (χ1) is 14.0. The number of pyridine rings is 1. The summed E-state index contributed by atoms with van der Waals surface area (Å²) in [6, 6.07) is 23.3. The Hall–Kier alpha value is -3.46. The number of carbonyl (C=O) groups excluding carboxylic acids is 1. The van der Waals surface area contributed by atoms with E-state index in [0.29, 0.717) is 17.5 Å². The molecule has 0 saturated carbocycles. The Morgan fingerprint density at radius 1 is 0.862 bits per heavy atom. The number of aromatic nitrogens is 1. The Morgan fingerprint density at radius 2 is 1.59 bits per heavy atom. The van der Waals surface area contributed by atoms with Crippen molar-refractivity contribution in [1.82, 2.24) is 4.57 Å². The van der Waals surface area contributed by atoms with Crippen LogP contribution >= 0.6 is 0 Å². The minimum atomic E-state index is -0.225. The monoisotopic (exact) mass is 381 g/mol. The smallest absolute Gasteiger partial charge is 0.200 e. The molecule has 144 valence electrons. The minimum absolute atomic E-state index is 0.209. The Balaban J connectivity index is 1.79. The topological polar surface area (TPSA) is 39.1 Å². The number of nitrogens with zero attached hydrogens (tertiary/aromatic N) is 1. The third-order valence-corrected chi connectivity index (χ3v) is 5.49. The third kappa shape index (κ3) is 3.77. The van der Waals surface area contributed by atoms with Crippen molar-refractivity contribution >= 4 is 16.7 Å². The van der Waals surface area contributed by atoms with Gasteiger partial charge < -0.3 is 4.57 Å². The molecule has 3 heteroatoms. The van der Waals surface area contributed by atoms with E-state index < -0.39 is 0 Å². The first-order valence-electron chi connectivity index (χ1n) is 9.82. The average Bonchev–Trinajstić information content (AvgIpc) is 2.75. The van der Waals surface area contributed by atoms with Gasteiger partial charge in [-0.2, -0.15) is 0 Å². The van der Waals surface area contributed by atoms with Gasteiger partial charge in [0.25, 0.3) is 0 Å². The fourth-order valence-corrected chi connectivity index (χ4v) is 3.62. The molecule has 0 unspecified atom stereocenters. The number of carbonyl (C=O) groups is 1. The van der Waals surface area contributed by atoms with Gasteiger partial charge in [-0.05, 0) is 55.2 Å². The lowest BCUT2D eigenvalue weighted by molar-refractivity contribution is 0.103. The second-order valence-electron chi connectivity index (χ2n) is 7.45. The number of hydrogen-bond acceptors (Lipinski definition) is 2. The first kappa shape index (κ1) is 18.9. The molecule has 4 aromatic rings. The van der Waals surface area contributed by atoms with Crippen LogP contribution in [-0.2, 0) is 13.0 Å². The van der Waals surface area contributed by atoms with Crippen LogP contribution in [-0.4, -0.2) is 10.4 Å².